The van der Waals surface area contributed by atoms with E-state index >= 15 is 0 Å². The number of hydrogen-bond acceptors (Lipinski definition) is 5. The molecule has 0 aromatic heterocycles. The second kappa shape index (κ2) is 10.8. The van der Waals surface area contributed by atoms with E-state index in [2.05, 4.69) is 5.32 Å². The fourth-order valence-electron chi connectivity index (χ4n) is 3.97. The number of amides is 3. The van der Waals surface area contributed by atoms with Crippen LogP contribution in [0.3, 0.4) is 0 Å². The molecule has 3 amide bonds. The molecule has 0 fully saturated rings. The van der Waals surface area contributed by atoms with Gasteiger partial charge in [-0.25, -0.2) is 12.7 Å². The van der Waals surface area contributed by atoms with Crippen LogP contribution in [0.4, 0.5) is 0 Å². The number of hydrogen-bond donors (Lipinski definition) is 1. The van der Waals surface area contributed by atoms with Crippen molar-refractivity contribution < 1.29 is 22.8 Å². The Morgan fingerprint density at radius 1 is 1.06 bits per heavy atom. The summed E-state index contributed by atoms with van der Waals surface area (Å²) in [4.78, 5) is 40.3. The zero-order valence-electron chi connectivity index (χ0n) is 19.8. The number of nitrogens with one attached hydrogen (secondary N) is 1. The number of sulfonamides is 1. The Morgan fingerprint density at radius 2 is 1.74 bits per heavy atom. The van der Waals surface area contributed by atoms with Gasteiger partial charge in [-0.2, -0.15) is 0 Å². The Balaban J connectivity index is 1.81. The van der Waals surface area contributed by atoms with Crippen LogP contribution in [0.5, 0.6) is 0 Å². The Hall–Kier alpha value is -3.20. The minimum Gasteiger partial charge on any atom is -0.354 e. The molecule has 1 aliphatic rings. The summed E-state index contributed by atoms with van der Waals surface area (Å²) in [6.07, 6.45) is 0.950. The van der Waals surface area contributed by atoms with Crippen LogP contribution in [0.25, 0.3) is 0 Å². The van der Waals surface area contributed by atoms with Gasteiger partial charge in [0.25, 0.3) is 15.9 Å². The van der Waals surface area contributed by atoms with Gasteiger partial charge in [0.1, 0.15) is 10.9 Å². The highest BCUT2D eigenvalue weighted by molar-refractivity contribution is 7.90. The fourth-order valence-corrected chi connectivity index (χ4v) is 5.54. The number of fused-ring (bicyclic) bond motifs is 1. The minimum atomic E-state index is -4.00. The Morgan fingerprint density at radius 3 is 2.35 bits per heavy atom. The van der Waals surface area contributed by atoms with Gasteiger partial charge < -0.3 is 10.2 Å². The lowest BCUT2D eigenvalue weighted by atomic mass is 10.1. The van der Waals surface area contributed by atoms with E-state index in [4.69, 9.17) is 0 Å². The lowest BCUT2D eigenvalue weighted by molar-refractivity contribution is -0.141. The van der Waals surface area contributed by atoms with Crippen molar-refractivity contribution in [3.05, 3.63) is 65.2 Å². The highest BCUT2D eigenvalue weighted by Gasteiger charge is 2.41. The first kappa shape index (κ1) is 25.4. The quantitative estimate of drug-likeness (QED) is 0.557. The van der Waals surface area contributed by atoms with Crippen molar-refractivity contribution in [2.75, 3.05) is 13.1 Å². The van der Waals surface area contributed by atoms with Gasteiger partial charge >= 0.3 is 0 Å². The normalized spacial score (nSPS) is 15.0. The van der Waals surface area contributed by atoms with Crippen molar-refractivity contribution in [3.8, 4) is 0 Å². The van der Waals surface area contributed by atoms with Gasteiger partial charge in [-0.15, -0.1) is 0 Å². The van der Waals surface area contributed by atoms with Crippen LogP contribution in [0.1, 0.15) is 54.6 Å². The predicted molar refractivity (Wildman–Crippen MR) is 128 cm³/mol. The standard InChI is InChI=1S/C25H31N3O5S/c1-4-15-26-24(30)21(5-2)27(17-19-12-10-18(3)11-13-19)23(29)14-16-28-25(31)20-8-6-7-9-22(20)34(28,32)33/h6-13,21H,4-5,14-17H2,1-3H3,(H,26,30). The van der Waals surface area contributed by atoms with E-state index in [9.17, 15) is 22.8 Å². The molecule has 0 saturated carbocycles. The van der Waals surface area contributed by atoms with Gasteiger partial charge in [-0.1, -0.05) is 55.8 Å². The van der Waals surface area contributed by atoms with E-state index in [0.717, 1.165) is 21.9 Å². The number of nitrogens with zero attached hydrogens (tertiary/aromatic N) is 2. The van der Waals surface area contributed by atoms with Crippen molar-refractivity contribution in [2.24, 2.45) is 0 Å². The van der Waals surface area contributed by atoms with Gasteiger partial charge in [-0.05, 0) is 37.5 Å². The molecule has 8 nitrogen and oxygen atoms in total. The third-order valence-corrected chi connectivity index (χ3v) is 7.69. The number of rotatable bonds is 10. The average molecular weight is 486 g/mol. The second-order valence-electron chi connectivity index (χ2n) is 8.35. The van der Waals surface area contributed by atoms with Crippen LogP contribution < -0.4 is 5.32 Å². The van der Waals surface area contributed by atoms with Gasteiger partial charge in [0.2, 0.25) is 11.8 Å². The highest BCUT2D eigenvalue weighted by atomic mass is 32.2. The first-order valence-electron chi connectivity index (χ1n) is 11.5. The SMILES string of the molecule is CCCNC(=O)C(CC)N(Cc1ccc(C)cc1)C(=O)CCN1C(=O)c2ccccc2S1(=O)=O. The summed E-state index contributed by atoms with van der Waals surface area (Å²) in [7, 11) is -4.00. The largest absolute Gasteiger partial charge is 0.354 e. The average Bonchev–Trinajstić information content (AvgIpc) is 3.02. The topological polar surface area (TPSA) is 104 Å². The van der Waals surface area contributed by atoms with Crippen LogP contribution in [0.15, 0.2) is 53.4 Å². The monoisotopic (exact) mass is 485 g/mol. The molecule has 0 saturated heterocycles. The Labute approximate surface area is 201 Å². The first-order chi connectivity index (χ1) is 16.2. The zero-order valence-corrected chi connectivity index (χ0v) is 20.6. The summed E-state index contributed by atoms with van der Waals surface area (Å²) in [5.41, 5.74) is 2.04. The molecule has 182 valence electrons. The maximum atomic E-state index is 13.4. The molecule has 1 aliphatic heterocycles. The van der Waals surface area contributed by atoms with Crippen LogP contribution in [-0.4, -0.2) is 54.5 Å². The number of aryl methyl sites for hydroxylation is 1. The molecule has 2 aromatic carbocycles. The summed E-state index contributed by atoms with van der Waals surface area (Å²) >= 11 is 0. The van der Waals surface area contributed by atoms with Crippen molar-refractivity contribution in [2.45, 2.75) is 57.5 Å². The molecule has 1 heterocycles. The molecule has 2 aromatic rings. The van der Waals surface area contributed by atoms with Crippen LogP contribution in [0.2, 0.25) is 0 Å². The molecule has 0 radical (unpaired) electrons. The first-order valence-corrected chi connectivity index (χ1v) is 12.9. The molecule has 34 heavy (non-hydrogen) atoms. The van der Waals surface area contributed by atoms with E-state index < -0.39 is 27.9 Å². The number of carbonyl (C=O) groups is 3. The smallest absolute Gasteiger partial charge is 0.269 e. The molecule has 0 spiro atoms. The third-order valence-electron chi connectivity index (χ3n) is 5.85. The summed E-state index contributed by atoms with van der Waals surface area (Å²) < 4.78 is 26.4. The maximum Gasteiger partial charge on any atom is 0.269 e. The van der Waals surface area contributed by atoms with Crippen molar-refractivity contribution in [1.82, 2.24) is 14.5 Å². The van der Waals surface area contributed by atoms with Crippen molar-refractivity contribution in [1.29, 1.82) is 0 Å². The van der Waals surface area contributed by atoms with E-state index in [1.807, 2.05) is 45.0 Å². The molecule has 9 heteroatoms. The van der Waals surface area contributed by atoms with Gasteiger partial charge in [0.15, 0.2) is 0 Å². The van der Waals surface area contributed by atoms with Crippen LogP contribution in [-0.2, 0) is 26.2 Å². The van der Waals surface area contributed by atoms with Gasteiger partial charge in [0, 0.05) is 26.1 Å². The van der Waals surface area contributed by atoms with E-state index in [1.54, 1.807) is 12.1 Å². The van der Waals surface area contributed by atoms with Crippen molar-refractivity contribution >= 4 is 27.7 Å². The van der Waals surface area contributed by atoms with E-state index in [0.29, 0.717) is 13.0 Å². The molecular weight excluding hydrogens is 454 g/mol. The summed E-state index contributed by atoms with van der Waals surface area (Å²) in [5, 5.41) is 2.85. The van der Waals surface area contributed by atoms with E-state index in [-0.39, 0.29) is 35.9 Å². The molecule has 0 aliphatic carbocycles. The number of benzene rings is 2. The van der Waals surface area contributed by atoms with Gasteiger partial charge in [0.05, 0.1) is 5.56 Å². The Kier molecular flexibility index (Phi) is 8.09. The molecule has 1 N–H and O–H groups in total. The molecule has 1 atom stereocenters. The summed E-state index contributed by atoms with van der Waals surface area (Å²) in [6.45, 7) is 6.16. The summed E-state index contributed by atoms with van der Waals surface area (Å²) in [5.74, 6) is -1.28. The zero-order chi connectivity index (χ0) is 24.9. The highest BCUT2D eigenvalue weighted by Crippen LogP contribution is 2.30. The maximum absolute atomic E-state index is 13.4. The number of carbonyl (C=O) groups excluding carboxylic acids is 3. The lowest BCUT2D eigenvalue weighted by Gasteiger charge is -2.31. The minimum absolute atomic E-state index is 0.0469. The fraction of sp³-hybridized carbons (Fsp3) is 0.400. The van der Waals surface area contributed by atoms with Crippen molar-refractivity contribution in [3.63, 3.8) is 0 Å². The lowest BCUT2D eigenvalue weighted by Crippen LogP contribution is -2.49. The second-order valence-corrected chi connectivity index (χ2v) is 10.2. The van der Waals surface area contributed by atoms with Gasteiger partial charge in [-0.3, -0.25) is 14.4 Å². The van der Waals surface area contributed by atoms with Crippen LogP contribution in [0, 0.1) is 6.92 Å². The molecule has 0 bridgehead atoms. The predicted octanol–water partition coefficient (Wildman–Crippen LogP) is 2.86. The molecular formula is C25H31N3O5S. The molecule has 3 rings (SSSR count). The van der Waals surface area contributed by atoms with Crippen LogP contribution >= 0.6 is 0 Å². The Bertz CT molecular complexity index is 1160. The summed E-state index contributed by atoms with van der Waals surface area (Å²) in [6, 6.07) is 13.0. The molecule has 1 unspecified atom stereocenters. The van der Waals surface area contributed by atoms with E-state index in [1.165, 1.54) is 17.0 Å². The third kappa shape index (κ3) is 5.30.